The summed E-state index contributed by atoms with van der Waals surface area (Å²) in [5.41, 5.74) is -0.771. The number of aliphatic hydroxyl groups is 1. The Bertz CT molecular complexity index is 187. The summed E-state index contributed by atoms with van der Waals surface area (Å²) < 4.78 is 5.52. The van der Waals surface area contributed by atoms with Crippen molar-refractivity contribution in [3.05, 3.63) is 12.7 Å². The second kappa shape index (κ2) is 6.29. The van der Waals surface area contributed by atoms with E-state index in [0.717, 1.165) is 32.1 Å². The average molecular weight is 214 g/mol. The molecule has 15 heavy (non-hydrogen) atoms. The van der Waals surface area contributed by atoms with Gasteiger partial charge in [0, 0.05) is 7.11 Å². The van der Waals surface area contributed by atoms with Crippen molar-refractivity contribution in [1.82, 2.24) is 0 Å². The molecule has 0 aromatic heterocycles. The van der Waals surface area contributed by atoms with Crippen molar-refractivity contribution in [2.24, 2.45) is 0 Å². The molecule has 0 aromatic carbocycles. The lowest BCUT2D eigenvalue weighted by molar-refractivity contribution is -0.0148. The van der Waals surface area contributed by atoms with Gasteiger partial charge in [0.1, 0.15) is 0 Å². The normalized spacial score (nSPS) is 19.3. The van der Waals surface area contributed by atoms with Crippen LogP contribution in [0.2, 0.25) is 0 Å². The maximum atomic E-state index is 9.76. The van der Waals surface area contributed by atoms with Gasteiger partial charge in [0.05, 0.1) is 11.2 Å². The van der Waals surface area contributed by atoms with Gasteiger partial charge in [-0.15, -0.1) is 6.58 Å². The van der Waals surface area contributed by atoms with Gasteiger partial charge in [0.15, 0.2) is 0 Å². The predicted molar refractivity (Wildman–Crippen MR) is 65.0 cm³/mol. The zero-order valence-electron chi connectivity index (χ0n) is 10.7. The van der Waals surface area contributed by atoms with Gasteiger partial charge in [-0.05, 0) is 39.5 Å². The van der Waals surface area contributed by atoms with Crippen molar-refractivity contribution in [3.8, 4) is 0 Å². The molecule has 0 aliphatic rings. The third kappa shape index (κ3) is 5.95. The average Bonchev–Trinajstić information content (AvgIpc) is 2.18. The van der Waals surface area contributed by atoms with E-state index in [2.05, 4.69) is 20.4 Å². The van der Waals surface area contributed by atoms with Crippen LogP contribution in [-0.2, 0) is 4.74 Å². The molecule has 1 N–H and O–H groups in total. The van der Waals surface area contributed by atoms with Gasteiger partial charge in [-0.2, -0.15) is 0 Å². The zero-order chi connectivity index (χ0) is 11.9. The van der Waals surface area contributed by atoms with Crippen LogP contribution in [-0.4, -0.2) is 23.4 Å². The Balaban J connectivity index is 3.96. The quantitative estimate of drug-likeness (QED) is 0.628. The number of rotatable bonds is 8. The van der Waals surface area contributed by atoms with E-state index >= 15 is 0 Å². The van der Waals surface area contributed by atoms with Crippen LogP contribution < -0.4 is 0 Å². The standard InChI is InChI=1S/C13H26O2/c1-6-9-13(4,15-5)11-8-10-12(3,14)7-2/h7,14H,2,6,8-11H2,1,3-5H3. The maximum absolute atomic E-state index is 9.76. The summed E-state index contributed by atoms with van der Waals surface area (Å²) in [5.74, 6) is 0. The van der Waals surface area contributed by atoms with Crippen LogP contribution in [0.25, 0.3) is 0 Å². The highest BCUT2D eigenvalue weighted by Crippen LogP contribution is 2.25. The third-order valence-corrected chi connectivity index (χ3v) is 3.10. The van der Waals surface area contributed by atoms with Gasteiger partial charge in [0.2, 0.25) is 0 Å². The second-order valence-electron chi connectivity index (χ2n) is 4.82. The topological polar surface area (TPSA) is 29.5 Å². The zero-order valence-corrected chi connectivity index (χ0v) is 10.7. The van der Waals surface area contributed by atoms with E-state index in [1.165, 1.54) is 0 Å². The van der Waals surface area contributed by atoms with E-state index in [4.69, 9.17) is 4.74 Å². The first-order valence-corrected chi connectivity index (χ1v) is 5.80. The minimum atomic E-state index is -0.735. The van der Waals surface area contributed by atoms with E-state index in [0.29, 0.717) is 0 Å². The molecule has 0 rings (SSSR count). The predicted octanol–water partition coefficient (Wildman–Crippen LogP) is 3.30. The van der Waals surface area contributed by atoms with Gasteiger partial charge >= 0.3 is 0 Å². The first-order valence-electron chi connectivity index (χ1n) is 5.80. The highest BCUT2D eigenvalue weighted by Gasteiger charge is 2.23. The lowest BCUT2D eigenvalue weighted by Gasteiger charge is -2.29. The molecule has 0 bridgehead atoms. The first kappa shape index (κ1) is 14.7. The molecule has 90 valence electrons. The molecule has 0 spiro atoms. The Labute approximate surface area is 94.3 Å². The molecule has 0 heterocycles. The van der Waals surface area contributed by atoms with Crippen molar-refractivity contribution >= 4 is 0 Å². The highest BCUT2D eigenvalue weighted by molar-refractivity contribution is 4.91. The molecule has 0 amide bonds. The molecule has 0 saturated heterocycles. The summed E-state index contributed by atoms with van der Waals surface area (Å²) in [6.07, 6.45) is 6.50. The lowest BCUT2D eigenvalue weighted by atomic mass is 9.90. The number of ether oxygens (including phenoxy) is 1. The van der Waals surface area contributed by atoms with E-state index < -0.39 is 5.60 Å². The first-order chi connectivity index (χ1) is 6.89. The Kier molecular flexibility index (Phi) is 6.15. The van der Waals surface area contributed by atoms with E-state index in [1.54, 1.807) is 20.1 Å². The summed E-state index contributed by atoms with van der Waals surface area (Å²) in [7, 11) is 1.77. The summed E-state index contributed by atoms with van der Waals surface area (Å²) >= 11 is 0. The fourth-order valence-electron chi connectivity index (χ4n) is 1.78. The van der Waals surface area contributed by atoms with Gasteiger partial charge < -0.3 is 9.84 Å². The van der Waals surface area contributed by atoms with E-state index in [-0.39, 0.29) is 5.60 Å². The molecule has 2 heteroatoms. The van der Waals surface area contributed by atoms with Crippen LogP contribution in [0.4, 0.5) is 0 Å². The minimum absolute atomic E-state index is 0.0357. The van der Waals surface area contributed by atoms with E-state index in [9.17, 15) is 5.11 Å². The van der Waals surface area contributed by atoms with Gasteiger partial charge in [-0.1, -0.05) is 19.4 Å². The molecule has 0 radical (unpaired) electrons. The van der Waals surface area contributed by atoms with Gasteiger partial charge in [-0.25, -0.2) is 0 Å². The molecule has 0 fully saturated rings. The van der Waals surface area contributed by atoms with Crippen LogP contribution in [0.3, 0.4) is 0 Å². The van der Waals surface area contributed by atoms with Crippen molar-refractivity contribution < 1.29 is 9.84 Å². The van der Waals surface area contributed by atoms with Crippen molar-refractivity contribution in [1.29, 1.82) is 0 Å². The number of hydrogen-bond donors (Lipinski definition) is 1. The Morgan fingerprint density at radius 2 is 1.87 bits per heavy atom. The maximum Gasteiger partial charge on any atom is 0.0797 e. The van der Waals surface area contributed by atoms with Crippen molar-refractivity contribution in [3.63, 3.8) is 0 Å². The molecular formula is C13H26O2. The third-order valence-electron chi connectivity index (χ3n) is 3.10. The fourth-order valence-corrected chi connectivity index (χ4v) is 1.78. The summed E-state index contributed by atoms with van der Waals surface area (Å²) in [5, 5.41) is 9.76. The monoisotopic (exact) mass is 214 g/mol. The lowest BCUT2D eigenvalue weighted by Crippen LogP contribution is -2.28. The molecule has 0 aliphatic carbocycles. The molecule has 0 aliphatic heterocycles. The molecule has 2 atom stereocenters. The van der Waals surface area contributed by atoms with Crippen molar-refractivity contribution in [2.45, 2.75) is 64.1 Å². The number of hydrogen-bond acceptors (Lipinski definition) is 2. The molecule has 0 aromatic rings. The van der Waals surface area contributed by atoms with Crippen LogP contribution >= 0.6 is 0 Å². The molecule has 2 unspecified atom stereocenters. The van der Waals surface area contributed by atoms with Gasteiger partial charge in [-0.3, -0.25) is 0 Å². The largest absolute Gasteiger partial charge is 0.386 e. The SMILES string of the molecule is C=CC(C)(O)CCCC(C)(CCC)OC. The Hall–Kier alpha value is -0.340. The Morgan fingerprint density at radius 3 is 2.27 bits per heavy atom. The van der Waals surface area contributed by atoms with Crippen LogP contribution in [0.5, 0.6) is 0 Å². The summed E-state index contributed by atoms with van der Waals surface area (Å²) in [4.78, 5) is 0. The van der Waals surface area contributed by atoms with Gasteiger partial charge in [0.25, 0.3) is 0 Å². The Morgan fingerprint density at radius 1 is 1.27 bits per heavy atom. The molecular weight excluding hydrogens is 188 g/mol. The molecule has 0 saturated carbocycles. The molecule has 2 nitrogen and oxygen atoms in total. The second-order valence-corrected chi connectivity index (χ2v) is 4.82. The summed E-state index contributed by atoms with van der Waals surface area (Å²) in [6.45, 7) is 9.72. The van der Waals surface area contributed by atoms with E-state index in [1.807, 2.05) is 0 Å². The summed E-state index contributed by atoms with van der Waals surface area (Å²) in [6, 6.07) is 0. The van der Waals surface area contributed by atoms with Crippen LogP contribution in [0, 0.1) is 0 Å². The van der Waals surface area contributed by atoms with Crippen LogP contribution in [0.15, 0.2) is 12.7 Å². The van der Waals surface area contributed by atoms with Crippen molar-refractivity contribution in [2.75, 3.05) is 7.11 Å². The smallest absolute Gasteiger partial charge is 0.0797 e. The minimum Gasteiger partial charge on any atom is -0.386 e. The highest BCUT2D eigenvalue weighted by atomic mass is 16.5. The van der Waals surface area contributed by atoms with Crippen LogP contribution in [0.1, 0.15) is 52.9 Å². The number of methoxy groups -OCH3 is 1. The fraction of sp³-hybridized carbons (Fsp3) is 0.846.